The van der Waals surface area contributed by atoms with Crippen molar-refractivity contribution in [3.05, 3.63) is 36.1 Å². The Balaban J connectivity index is -0.000000445. The van der Waals surface area contributed by atoms with Crippen molar-refractivity contribution in [1.82, 2.24) is 0 Å². The smallest absolute Gasteiger partial charge is 0.119 e. The zero-order valence-corrected chi connectivity index (χ0v) is 14.0. The summed E-state index contributed by atoms with van der Waals surface area (Å²) in [5.74, 6) is 6.90. The summed E-state index contributed by atoms with van der Waals surface area (Å²) in [6.07, 6.45) is 8.79. The van der Waals surface area contributed by atoms with Crippen molar-refractivity contribution < 1.29 is 4.74 Å². The number of hydrogen-bond acceptors (Lipinski definition) is 1. The van der Waals surface area contributed by atoms with Gasteiger partial charge in [-0.05, 0) is 25.5 Å². The van der Waals surface area contributed by atoms with Crippen molar-refractivity contribution in [2.75, 3.05) is 7.11 Å². The van der Waals surface area contributed by atoms with E-state index in [1.165, 1.54) is 6.42 Å². The normalized spacial score (nSPS) is 9.84. The van der Waals surface area contributed by atoms with Crippen LogP contribution in [0.25, 0.3) is 0 Å². The van der Waals surface area contributed by atoms with Crippen LogP contribution in [0, 0.1) is 11.8 Å². The van der Waals surface area contributed by atoms with Crippen LogP contribution in [-0.2, 0) is 4.74 Å². The molecule has 1 nitrogen and oxygen atoms in total. The third kappa shape index (κ3) is 19.1. The SMILES string of the molecule is C=C/C(=C\C(C#CCCC)=C/C)OC.CC.CCC. The summed E-state index contributed by atoms with van der Waals surface area (Å²) in [7, 11) is 1.63. The standard InChI is InChI=1S/C13H18O.C3H8.C2H6/c1-5-8-9-10-12(6-2)11-13(7-3)14-4;1-3-2;1-2/h6-7,11H,3,5,8H2,1-2,4H3;3H2,1-2H3;1-2H3/b12-6-,13-11+;;. The van der Waals surface area contributed by atoms with Crippen LogP contribution in [0.4, 0.5) is 0 Å². The van der Waals surface area contributed by atoms with Gasteiger partial charge in [0.15, 0.2) is 0 Å². The maximum Gasteiger partial charge on any atom is 0.119 e. The first-order valence-corrected chi connectivity index (χ1v) is 7.23. The van der Waals surface area contributed by atoms with E-state index in [1.807, 2.05) is 32.9 Å². The lowest BCUT2D eigenvalue weighted by Gasteiger charge is -1.98. The Morgan fingerprint density at radius 2 is 1.74 bits per heavy atom. The van der Waals surface area contributed by atoms with Gasteiger partial charge in [-0.1, -0.05) is 65.5 Å². The third-order valence-electron chi connectivity index (χ3n) is 1.65. The molecular formula is C18H32O. The molecule has 0 amide bonds. The average Bonchev–Trinajstić information content (AvgIpc) is 2.46. The predicted octanol–water partition coefficient (Wildman–Crippen LogP) is 5.90. The molecule has 0 fully saturated rings. The molecule has 1 heteroatoms. The summed E-state index contributed by atoms with van der Waals surface area (Å²) >= 11 is 0. The van der Waals surface area contributed by atoms with Gasteiger partial charge in [0.2, 0.25) is 0 Å². The van der Waals surface area contributed by atoms with Crippen LogP contribution < -0.4 is 0 Å². The monoisotopic (exact) mass is 264 g/mol. The Hall–Kier alpha value is -1.42. The number of hydrogen-bond donors (Lipinski definition) is 0. The Bertz CT molecular complexity index is 297. The fourth-order valence-electron chi connectivity index (χ4n) is 0.836. The molecule has 0 rings (SSSR count). The molecule has 0 aromatic heterocycles. The minimum absolute atomic E-state index is 0.740. The Morgan fingerprint density at radius 1 is 1.21 bits per heavy atom. The van der Waals surface area contributed by atoms with Crippen molar-refractivity contribution in [3.63, 3.8) is 0 Å². The van der Waals surface area contributed by atoms with Crippen LogP contribution in [0.3, 0.4) is 0 Å². The minimum atomic E-state index is 0.740. The summed E-state index contributed by atoms with van der Waals surface area (Å²) < 4.78 is 5.07. The summed E-state index contributed by atoms with van der Waals surface area (Å²) in [4.78, 5) is 0. The van der Waals surface area contributed by atoms with Crippen molar-refractivity contribution in [3.8, 4) is 11.8 Å². The van der Waals surface area contributed by atoms with E-state index < -0.39 is 0 Å². The van der Waals surface area contributed by atoms with Gasteiger partial charge in [0.05, 0.1) is 7.11 Å². The fraction of sp³-hybridized carbons (Fsp3) is 0.556. The van der Waals surface area contributed by atoms with Gasteiger partial charge in [-0.2, -0.15) is 0 Å². The number of unbranched alkanes of at least 4 members (excludes halogenated alkanes) is 1. The van der Waals surface area contributed by atoms with Crippen LogP contribution in [0.2, 0.25) is 0 Å². The number of ether oxygens (including phenoxy) is 1. The fourth-order valence-corrected chi connectivity index (χ4v) is 0.836. The first-order valence-electron chi connectivity index (χ1n) is 7.23. The van der Waals surface area contributed by atoms with Gasteiger partial charge in [-0.3, -0.25) is 0 Å². The van der Waals surface area contributed by atoms with Crippen LogP contribution in [0.5, 0.6) is 0 Å². The highest BCUT2D eigenvalue weighted by Crippen LogP contribution is 2.03. The molecule has 0 radical (unpaired) electrons. The van der Waals surface area contributed by atoms with Crippen LogP contribution in [0.15, 0.2) is 36.1 Å². The number of rotatable bonds is 4. The quantitative estimate of drug-likeness (QED) is 0.349. The van der Waals surface area contributed by atoms with E-state index in [-0.39, 0.29) is 0 Å². The van der Waals surface area contributed by atoms with E-state index in [2.05, 4.69) is 39.2 Å². The zero-order chi connectivity index (χ0) is 15.5. The van der Waals surface area contributed by atoms with Crippen molar-refractivity contribution in [2.24, 2.45) is 0 Å². The summed E-state index contributed by atoms with van der Waals surface area (Å²) in [6, 6.07) is 0. The maximum atomic E-state index is 5.07. The predicted molar refractivity (Wildman–Crippen MR) is 89.0 cm³/mol. The number of methoxy groups -OCH3 is 1. The van der Waals surface area contributed by atoms with Gasteiger partial charge in [0.1, 0.15) is 5.76 Å². The van der Waals surface area contributed by atoms with E-state index in [1.54, 1.807) is 13.2 Å². The highest BCUT2D eigenvalue weighted by Gasteiger charge is 1.90. The van der Waals surface area contributed by atoms with E-state index in [0.29, 0.717) is 0 Å². The van der Waals surface area contributed by atoms with Crippen molar-refractivity contribution in [2.45, 2.75) is 60.8 Å². The average molecular weight is 264 g/mol. The highest BCUT2D eigenvalue weighted by atomic mass is 16.5. The van der Waals surface area contributed by atoms with Gasteiger partial charge in [0, 0.05) is 12.0 Å². The molecule has 0 N–H and O–H groups in total. The molecule has 0 aromatic rings. The molecule has 0 spiro atoms. The molecule has 0 saturated heterocycles. The second-order valence-electron chi connectivity index (χ2n) is 3.46. The highest BCUT2D eigenvalue weighted by molar-refractivity contribution is 5.40. The van der Waals surface area contributed by atoms with Gasteiger partial charge >= 0.3 is 0 Å². The van der Waals surface area contributed by atoms with E-state index >= 15 is 0 Å². The van der Waals surface area contributed by atoms with E-state index in [9.17, 15) is 0 Å². The molecule has 0 bridgehead atoms. The van der Waals surface area contributed by atoms with Crippen molar-refractivity contribution >= 4 is 0 Å². The van der Waals surface area contributed by atoms with Crippen LogP contribution in [0.1, 0.15) is 60.8 Å². The zero-order valence-electron chi connectivity index (χ0n) is 14.0. The summed E-state index contributed by atoms with van der Waals surface area (Å²) in [6.45, 7) is 16.0. The second-order valence-corrected chi connectivity index (χ2v) is 3.46. The number of allylic oxidation sites excluding steroid dienone is 4. The molecule has 0 aromatic carbocycles. The lowest BCUT2D eigenvalue weighted by molar-refractivity contribution is 0.307. The first-order chi connectivity index (χ1) is 9.19. The molecule has 110 valence electrons. The van der Waals surface area contributed by atoms with Crippen molar-refractivity contribution in [1.29, 1.82) is 0 Å². The molecule has 0 atom stereocenters. The molecule has 0 aliphatic rings. The van der Waals surface area contributed by atoms with Gasteiger partial charge in [-0.15, -0.1) is 0 Å². The second kappa shape index (κ2) is 21.8. The van der Waals surface area contributed by atoms with Gasteiger partial charge in [-0.25, -0.2) is 0 Å². The first kappa shape index (κ1) is 22.7. The molecular weight excluding hydrogens is 232 g/mol. The Labute approximate surface area is 121 Å². The molecule has 19 heavy (non-hydrogen) atoms. The lowest BCUT2D eigenvalue weighted by atomic mass is 10.2. The van der Waals surface area contributed by atoms with Crippen LogP contribution >= 0.6 is 0 Å². The maximum absolute atomic E-state index is 5.07. The van der Waals surface area contributed by atoms with Crippen LogP contribution in [-0.4, -0.2) is 7.11 Å². The Kier molecular flexibility index (Phi) is 26.1. The summed E-state index contributed by atoms with van der Waals surface area (Å²) in [5, 5.41) is 0. The molecule has 0 unspecified atom stereocenters. The largest absolute Gasteiger partial charge is 0.497 e. The molecule has 0 aliphatic carbocycles. The topological polar surface area (TPSA) is 9.23 Å². The molecule has 0 aliphatic heterocycles. The van der Waals surface area contributed by atoms with E-state index in [4.69, 9.17) is 4.74 Å². The molecule has 0 heterocycles. The third-order valence-corrected chi connectivity index (χ3v) is 1.65. The molecule has 0 saturated carbocycles. The van der Waals surface area contributed by atoms with Gasteiger partial charge < -0.3 is 4.74 Å². The van der Waals surface area contributed by atoms with Gasteiger partial charge in [0.25, 0.3) is 0 Å². The van der Waals surface area contributed by atoms with E-state index in [0.717, 1.165) is 24.2 Å². The minimum Gasteiger partial charge on any atom is -0.497 e. The lowest BCUT2D eigenvalue weighted by Crippen LogP contribution is -1.82. The Morgan fingerprint density at radius 3 is 2.05 bits per heavy atom. The summed E-state index contributed by atoms with van der Waals surface area (Å²) in [5.41, 5.74) is 0.968.